The van der Waals surface area contributed by atoms with Crippen LogP contribution in [0.25, 0.3) is 0 Å². The number of cyclic esters (lactones) is 1. The quantitative estimate of drug-likeness (QED) is 0.0849. The standard InChI is InChI=1S/C48H45N3O13/c1-26(2)36(44(57)63-5)49-47(60)50-34-24-19-27(13-12-18-32(42(55)61-3)43(56)62-4)25-33(34)48(46(50)59)35(41(53)54)38-45(58)64-39(29-16-10-7-11-17-29)37(28-14-8-6-9-15-28)51(38)40(48)30-20-22-31(52)23-21-30/h6-11,14-17,19-26,32,35-40,52H,18H2,1-5H3,(H,49,60)(H,53,54)/t35-,36+,37-,38-,39+,40+,48-/m1/s1. The first kappa shape index (κ1) is 44.5. The number of nitrogens with zero attached hydrogens (tertiary/aromatic N) is 2. The second-order valence-corrected chi connectivity index (χ2v) is 15.9. The number of esters is 4. The maximum Gasteiger partial charge on any atom is 0.329 e. The number of hydrogen-bond donors (Lipinski definition) is 3. The lowest BCUT2D eigenvalue weighted by Crippen LogP contribution is -2.56. The molecule has 16 heteroatoms. The summed E-state index contributed by atoms with van der Waals surface area (Å²) in [7, 11) is 3.37. The summed E-state index contributed by atoms with van der Waals surface area (Å²) in [6.07, 6.45) is -1.37. The van der Waals surface area contributed by atoms with Crippen LogP contribution in [0.2, 0.25) is 0 Å². The second-order valence-electron chi connectivity index (χ2n) is 15.9. The molecule has 2 saturated heterocycles. The van der Waals surface area contributed by atoms with Crippen LogP contribution in [0.4, 0.5) is 10.5 Å². The van der Waals surface area contributed by atoms with E-state index in [1.54, 1.807) is 79.4 Å². The third-order valence-corrected chi connectivity index (χ3v) is 12.0. The van der Waals surface area contributed by atoms with Crippen molar-refractivity contribution < 1.29 is 62.7 Å². The van der Waals surface area contributed by atoms with Crippen LogP contribution in [0.1, 0.15) is 66.3 Å². The van der Waals surface area contributed by atoms with Gasteiger partial charge >= 0.3 is 35.9 Å². The van der Waals surface area contributed by atoms with E-state index in [0.717, 1.165) is 26.2 Å². The van der Waals surface area contributed by atoms with Gasteiger partial charge in [0.2, 0.25) is 5.91 Å². The van der Waals surface area contributed by atoms with Gasteiger partial charge in [-0.25, -0.2) is 14.5 Å². The zero-order chi connectivity index (χ0) is 46.0. The number of carbonyl (C=O) groups is 7. The Hall–Kier alpha value is -7.51. The minimum atomic E-state index is -2.34. The summed E-state index contributed by atoms with van der Waals surface area (Å²) < 4.78 is 20.8. The molecule has 64 heavy (non-hydrogen) atoms. The molecular weight excluding hydrogens is 827 g/mol. The van der Waals surface area contributed by atoms with Gasteiger partial charge in [-0.2, -0.15) is 0 Å². The lowest BCUT2D eigenvalue weighted by Gasteiger charge is -2.46. The monoisotopic (exact) mass is 871 g/mol. The van der Waals surface area contributed by atoms with Crippen molar-refractivity contribution >= 4 is 47.5 Å². The van der Waals surface area contributed by atoms with Crippen molar-refractivity contribution in [3.8, 4) is 17.6 Å². The zero-order valence-electron chi connectivity index (χ0n) is 35.4. The van der Waals surface area contributed by atoms with Crippen molar-refractivity contribution in [2.75, 3.05) is 26.2 Å². The summed E-state index contributed by atoms with van der Waals surface area (Å²) in [5, 5.41) is 24.7. The lowest BCUT2D eigenvalue weighted by atomic mass is 9.65. The highest BCUT2D eigenvalue weighted by molar-refractivity contribution is 6.24. The molecule has 0 bridgehead atoms. The Balaban J connectivity index is 1.53. The van der Waals surface area contributed by atoms with Gasteiger partial charge in [-0.05, 0) is 58.5 Å². The number of phenolic OH excluding ortho intramolecular Hbond substituents is 1. The summed E-state index contributed by atoms with van der Waals surface area (Å²) in [6, 6.07) is 21.6. The average Bonchev–Trinajstić information content (AvgIpc) is 3.76. The fourth-order valence-corrected chi connectivity index (χ4v) is 9.25. The van der Waals surface area contributed by atoms with Gasteiger partial charge in [-0.15, -0.1) is 0 Å². The number of fused-ring (bicyclic) bond motifs is 3. The van der Waals surface area contributed by atoms with Crippen LogP contribution in [0, 0.1) is 29.6 Å². The molecule has 1 spiro atoms. The molecule has 7 atom stereocenters. The highest BCUT2D eigenvalue weighted by Crippen LogP contribution is 2.66. The van der Waals surface area contributed by atoms with Gasteiger partial charge in [0.15, 0.2) is 5.92 Å². The molecule has 0 radical (unpaired) electrons. The third-order valence-electron chi connectivity index (χ3n) is 12.0. The minimum absolute atomic E-state index is 0.00755. The Morgan fingerprint density at radius 2 is 1.38 bits per heavy atom. The molecule has 4 aromatic rings. The predicted octanol–water partition coefficient (Wildman–Crippen LogP) is 4.75. The van der Waals surface area contributed by atoms with Crippen molar-refractivity contribution in [1.29, 1.82) is 0 Å². The fraction of sp³-hybridized carbons (Fsp3) is 0.312. The molecule has 0 aromatic heterocycles. The van der Waals surface area contributed by atoms with Crippen molar-refractivity contribution in [3.63, 3.8) is 0 Å². The first-order valence-corrected chi connectivity index (χ1v) is 20.3. The summed E-state index contributed by atoms with van der Waals surface area (Å²) in [4.78, 5) is 100.0. The van der Waals surface area contributed by atoms with Gasteiger partial charge in [0, 0.05) is 12.0 Å². The van der Waals surface area contributed by atoms with Crippen LogP contribution in [0.15, 0.2) is 103 Å². The number of phenols is 1. The third kappa shape index (κ3) is 7.57. The van der Waals surface area contributed by atoms with E-state index in [0.29, 0.717) is 16.7 Å². The number of morpholine rings is 1. The molecule has 3 N–H and O–H groups in total. The number of carboxylic acids is 1. The largest absolute Gasteiger partial charge is 0.508 e. The second kappa shape index (κ2) is 18.1. The van der Waals surface area contributed by atoms with Crippen LogP contribution in [0.3, 0.4) is 0 Å². The van der Waals surface area contributed by atoms with E-state index in [-0.39, 0.29) is 29.0 Å². The van der Waals surface area contributed by atoms with Gasteiger partial charge in [0.05, 0.1) is 39.1 Å². The fourth-order valence-electron chi connectivity index (χ4n) is 9.25. The number of aliphatic carboxylic acids is 1. The van der Waals surface area contributed by atoms with Crippen LogP contribution < -0.4 is 10.2 Å². The van der Waals surface area contributed by atoms with Gasteiger partial charge < -0.3 is 34.5 Å². The topological polar surface area (TPSA) is 215 Å². The molecule has 16 nitrogen and oxygen atoms in total. The molecule has 3 aliphatic rings. The molecule has 0 aliphatic carbocycles. The van der Waals surface area contributed by atoms with Crippen molar-refractivity contribution in [3.05, 3.63) is 131 Å². The van der Waals surface area contributed by atoms with E-state index in [1.165, 1.54) is 42.5 Å². The molecular formula is C48H45N3O13. The molecule has 0 saturated carbocycles. The molecule has 7 rings (SSSR count). The number of anilines is 1. The summed E-state index contributed by atoms with van der Waals surface area (Å²) in [5.74, 6) is -4.42. The number of carboxylic acid groups (broad SMARTS) is 1. The number of aromatic hydroxyl groups is 1. The van der Waals surface area contributed by atoms with E-state index in [2.05, 4.69) is 17.2 Å². The maximum absolute atomic E-state index is 16.0. The predicted molar refractivity (Wildman–Crippen MR) is 226 cm³/mol. The summed E-state index contributed by atoms with van der Waals surface area (Å²) >= 11 is 0. The van der Waals surface area contributed by atoms with E-state index in [4.69, 9.17) is 18.9 Å². The Kier molecular flexibility index (Phi) is 12.6. The van der Waals surface area contributed by atoms with Crippen LogP contribution in [-0.2, 0) is 53.1 Å². The van der Waals surface area contributed by atoms with E-state index >= 15 is 4.79 Å². The van der Waals surface area contributed by atoms with Crippen molar-refractivity contribution in [1.82, 2.24) is 10.2 Å². The number of rotatable bonds is 10. The SMILES string of the molecule is COC(=O)C(CC#Cc1ccc2c(c1)[C@]1(C(=O)N2C(=O)N[C@H](C(=O)OC)C(C)C)[C@H](c2ccc(O)cc2)N2[C@H](c3ccccc3)[C@H](c3ccccc3)OC(=O)[C@H]2[C@@H]1C(=O)O)C(=O)OC. The number of nitrogens with one attached hydrogen (secondary N) is 1. The normalized spacial score (nSPS) is 22.7. The average molecular weight is 872 g/mol. The molecule has 3 aliphatic heterocycles. The molecule has 330 valence electrons. The molecule has 4 aromatic carbocycles. The maximum atomic E-state index is 16.0. The van der Waals surface area contributed by atoms with Crippen LogP contribution in [-0.4, -0.2) is 90.3 Å². The van der Waals surface area contributed by atoms with Crippen molar-refractivity contribution in [2.45, 2.75) is 56.0 Å². The minimum Gasteiger partial charge on any atom is -0.508 e. The van der Waals surface area contributed by atoms with Gasteiger partial charge in [-0.1, -0.05) is 98.5 Å². The molecule has 2 fully saturated rings. The number of methoxy groups -OCH3 is 3. The number of hydrogen-bond acceptors (Lipinski definition) is 13. The highest BCUT2D eigenvalue weighted by atomic mass is 16.6. The first-order valence-electron chi connectivity index (χ1n) is 20.3. The molecule has 0 unspecified atom stereocenters. The van der Waals surface area contributed by atoms with Gasteiger partial charge in [0.1, 0.15) is 35.3 Å². The molecule has 3 amide bonds. The lowest BCUT2D eigenvalue weighted by molar-refractivity contribution is -0.179. The van der Waals surface area contributed by atoms with Crippen molar-refractivity contribution in [2.24, 2.45) is 17.8 Å². The van der Waals surface area contributed by atoms with E-state index in [9.17, 15) is 39.0 Å². The number of carbonyl (C=O) groups excluding carboxylic acids is 6. The molecule has 3 heterocycles. The first-order chi connectivity index (χ1) is 30.7. The Bertz CT molecular complexity index is 2540. The number of imide groups is 1. The van der Waals surface area contributed by atoms with Gasteiger partial charge in [0.25, 0.3) is 0 Å². The smallest absolute Gasteiger partial charge is 0.329 e. The number of benzene rings is 4. The zero-order valence-corrected chi connectivity index (χ0v) is 35.4. The Morgan fingerprint density at radius 3 is 1.94 bits per heavy atom. The van der Waals surface area contributed by atoms with E-state index in [1.807, 2.05) is 0 Å². The summed E-state index contributed by atoms with van der Waals surface area (Å²) in [5.41, 5.74) is -0.735. The highest BCUT2D eigenvalue weighted by Gasteiger charge is 2.76. The van der Waals surface area contributed by atoms with Gasteiger partial charge in [-0.3, -0.25) is 28.9 Å². The Labute approximate surface area is 368 Å². The summed E-state index contributed by atoms with van der Waals surface area (Å²) in [6.45, 7) is 3.32. The van der Waals surface area contributed by atoms with Crippen LogP contribution in [0.5, 0.6) is 5.75 Å². The van der Waals surface area contributed by atoms with Crippen LogP contribution >= 0.6 is 0 Å². The number of urea groups is 1. The van der Waals surface area contributed by atoms with E-state index < -0.39 is 95.2 Å². The number of amides is 3. The Morgan fingerprint density at radius 1 is 0.781 bits per heavy atom. The number of ether oxygens (including phenoxy) is 4.